The van der Waals surface area contributed by atoms with E-state index in [-0.39, 0.29) is 5.91 Å². The number of morpholine rings is 1. The Labute approximate surface area is 176 Å². The monoisotopic (exact) mass is 405 g/mol. The molecule has 0 spiro atoms. The van der Waals surface area contributed by atoms with Crippen molar-refractivity contribution in [2.45, 2.75) is 13.0 Å². The molecular formula is C23H27N5O2. The van der Waals surface area contributed by atoms with E-state index >= 15 is 0 Å². The normalized spacial score (nSPS) is 16.4. The molecule has 0 aliphatic carbocycles. The Hall–Kier alpha value is -3.29. The predicted octanol–water partition coefficient (Wildman–Crippen LogP) is 3.08. The molecule has 7 heteroatoms. The van der Waals surface area contributed by atoms with E-state index in [1.165, 1.54) is 24.1 Å². The van der Waals surface area contributed by atoms with Crippen LogP contribution in [0.1, 0.15) is 29.7 Å². The number of ether oxygens (including phenoxy) is 1. The Balaban J connectivity index is 1.63. The molecule has 1 aromatic heterocycles. The molecule has 1 aliphatic rings. The Morgan fingerprint density at radius 1 is 1.27 bits per heavy atom. The van der Waals surface area contributed by atoms with Gasteiger partial charge in [0, 0.05) is 66.8 Å². The summed E-state index contributed by atoms with van der Waals surface area (Å²) in [5.74, 6) is -0.244. The van der Waals surface area contributed by atoms with Crippen LogP contribution >= 0.6 is 0 Å². The summed E-state index contributed by atoms with van der Waals surface area (Å²) in [5, 5.41) is 10.3. The van der Waals surface area contributed by atoms with Gasteiger partial charge in [0.05, 0.1) is 13.2 Å². The average molecular weight is 406 g/mol. The van der Waals surface area contributed by atoms with E-state index in [4.69, 9.17) is 15.9 Å². The number of benzene rings is 1. The van der Waals surface area contributed by atoms with Crippen LogP contribution < -0.4 is 11.1 Å². The van der Waals surface area contributed by atoms with Crippen LogP contribution in [0.4, 0.5) is 5.69 Å². The molecule has 0 bridgehead atoms. The molecule has 1 atom stereocenters. The van der Waals surface area contributed by atoms with Crippen LogP contribution in [0.2, 0.25) is 0 Å². The standard InChI is InChI=1S/C23H27N5O2/c1-17(28-10-12-30-13-11-28)18-2-5-21(6-3-18)27-23(29)7-4-19-16-26-9-8-22(19)20(14-24)15-25/h2-9,14-17,24H,10-13,25H2,1H3,(H,27,29)/b7-4+,20-15+,24-14?. The molecule has 156 valence electrons. The molecule has 1 amide bonds. The van der Waals surface area contributed by atoms with Crippen molar-refractivity contribution in [3.05, 3.63) is 71.7 Å². The number of rotatable bonds is 7. The largest absolute Gasteiger partial charge is 0.404 e. The number of pyridine rings is 1. The zero-order valence-electron chi connectivity index (χ0n) is 17.0. The van der Waals surface area contributed by atoms with Crippen LogP contribution in [-0.2, 0) is 9.53 Å². The number of hydrogen-bond acceptors (Lipinski definition) is 6. The summed E-state index contributed by atoms with van der Waals surface area (Å²) in [5.41, 5.74) is 9.53. The number of hydrogen-bond donors (Lipinski definition) is 3. The quantitative estimate of drug-likeness (QED) is 0.485. The van der Waals surface area contributed by atoms with Gasteiger partial charge in [-0.2, -0.15) is 0 Å². The van der Waals surface area contributed by atoms with Crippen molar-refractivity contribution in [2.75, 3.05) is 31.6 Å². The number of nitrogens with one attached hydrogen (secondary N) is 2. The number of carbonyl (C=O) groups excluding carboxylic acids is 1. The first-order valence-electron chi connectivity index (χ1n) is 9.90. The molecule has 0 radical (unpaired) electrons. The molecule has 7 nitrogen and oxygen atoms in total. The summed E-state index contributed by atoms with van der Waals surface area (Å²) in [7, 11) is 0. The summed E-state index contributed by atoms with van der Waals surface area (Å²) in [6.45, 7) is 5.59. The highest BCUT2D eigenvalue weighted by atomic mass is 16.5. The van der Waals surface area contributed by atoms with Crippen molar-refractivity contribution < 1.29 is 9.53 Å². The number of anilines is 1. The van der Waals surface area contributed by atoms with E-state index in [2.05, 4.69) is 22.1 Å². The summed E-state index contributed by atoms with van der Waals surface area (Å²) in [4.78, 5) is 18.8. The molecule has 1 aromatic carbocycles. The van der Waals surface area contributed by atoms with Gasteiger partial charge in [-0.25, -0.2) is 0 Å². The minimum atomic E-state index is -0.244. The van der Waals surface area contributed by atoms with Gasteiger partial charge in [-0.3, -0.25) is 14.7 Å². The number of amides is 1. The van der Waals surface area contributed by atoms with Crippen molar-refractivity contribution >= 4 is 29.5 Å². The Bertz CT molecular complexity index is 931. The van der Waals surface area contributed by atoms with Crippen molar-refractivity contribution in [3.8, 4) is 0 Å². The molecule has 30 heavy (non-hydrogen) atoms. The van der Waals surface area contributed by atoms with Gasteiger partial charge >= 0.3 is 0 Å². The van der Waals surface area contributed by atoms with Crippen molar-refractivity contribution in [1.29, 1.82) is 5.41 Å². The number of carbonyl (C=O) groups is 1. The predicted molar refractivity (Wildman–Crippen MR) is 120 cm³/mol. The van der Waals surface area contributed by atoms with E-state index in [0.29, 0.717) is 17.2 Å². The molecule has 1 unspecified atom stereocenters. The molecule has 1 fully saturated rings. The third-order valence-corrected chi connectivity index (χ3v) is 5.17. The van der Waals surface area contributed by atoms with Gasteiger partial charge in [0.25, 0.3) is 0 Å². The summed E-state index contributed by atoms with van der Waals surface area (Å²) < 4.78 is 5.42. The Kier molecular flexibility index (Phi) is 7.48. The number of nitrogens with two attached hydrogens (primary N) is 1. The van der Waals surface area contributed by atoms with E-state index < -0.39 is 0 Å². The van der Waals surface area contributed by atoms with Gasteiger partial charge in [0.2, 0.25) is 5.91 Å². The molecule has 0 saturated carbocycles. The van der Waals surface area contributed by atoms with Gasteiger partial charge in [-0.05, 0) is 42.3 Å². The minimum absolute atomic E-state index is 0.244. The molecule has 2 heterocycles. The SMILES string of the molecule is CC(c1ccc(NC(=O)/C=C/c2cnccc2/C(C=N)=C/N)cc1)N1CCOCC1. The summed E-state index contributed by atoms with van der Waals surface area (Å²) >= 11 is 0. The Morgan fingerprint density at radius 3 is 2.67 bits per heavy atom. The van der Waals surface area contributed by atoms with Crippen molar-refractivity contribution in [2.24, 2.45) is 5.73 Å². The maximum absolute atomic E-state index is 12.3. The second kappa shape index (κ2) is 10.5. The van der Waals surface area contributed by atoms with Crippen LogP contribution in [0.15, 0.2) is 55.0 Å². The maximum atomic E-state index is 12.3. The fourth-order valence-corrected chi connectivity index (χ4v) is 3.39. The first-order chi connectivity index (χ1) is 14.6. The smallest absolute Gasteiger partial charge is 0.248 e. The van der Waals surface area contributed by atoms with Crippen LogP contribution in [0, 0.1) is 5.41 Å². The fraction of sp³-hybridized carbons (Fsp3) is 0.261. The van der Waals surface area contributed by atoms with Crippen LogP contribution in [0.25, 0.3) is 11.6 Å². The molecule has 3 rings (SSSR count). The van der Waals surface area contributed by atoms with E-state index in [9.17, 15) is 4.79 Å². The van der Waals surface area contributed by atoms with Crippen LogP contribution in [-0.4, -0.2) is 48.3 Å². The summed E-state index contributed by atoms with van der Waals surface area (Å²) in [6, 6.07) is 9.98. The minimum Gasteiger partial charge on any atom is -0.404 e. The van der Waals surface area contributed by atoms with Crippen molar-refractivity contribution in [1.82, 2.24) is 9.88 Å². The van der Waals surface area contributed by atoms with Gasteiger partial charge in [-0.15, -0.1) is 0 Å². The molecular weight excluding hydrogens is 378 g/mol. The topological polar surface area (TPSA) is 104 Å². The third-order valence-electron chi connectivity index (χ3n) is 5.17. The second-order valence-corrected chi connectivity index (χ2v) is 7.00. The average Bonchev–Trinajstić information content (AvgIpc) is 2.80. The fourth-order valence-electron chi connectivity index (χ4n) is 3.39. The first-order valence-corrected chi connectivity index (χ1v) is 9.90. The van der Waals surface area contributed by atoms with Crippen LogP contribution in [0.3, 0.4) is 0 Å². The number of nitrogens with zero attached hydrogens (tertiary/aromatic N) is 2. The highest BCUT2D eigenvalue weighted by Crippen LogP contribution is 2.23. The molecule has 1 saturated heterocycles. The zero-order chi connectivity index (χ0) is 21.3. The van der Waals surface area contributed by atoms with Gasteiger partial charge in [0.1, 0.15) is 0 Å². The van der Waals surface area contributed by atoms with Gasteiger partial charge < -0.3 is 21.2 Å². The van der Waals surface area contributed by atoms with E-state index in [0.717, 1.165) is 37.6 Å². The lowest BCUT2D eigenvalue weighted by atomic mass is 10.0. The first kappa shape index (κ1) is 21.4. The number of aromatic nitrogens is 1. The molecule has 2 aromatic rings. The Morgan fingerprint density at radius 2 is 2.00 bits per heavy atom. The molecule has 1 aliphatic heterocycles. The lowest BCUT2D eigenvalue weighted by Crippen LogP contribution is -2.37. The van der Waals surface area contributed by atoms with Crippen LogP contribution in [0.5, 0.6) is 0 Å². The summed E-state index contributed by atoms with van der Waals surface area (Å²) in [6.07, 6.45) is 8.90. The second-order valence-electron chi connectivity index (χ2n) is 7.00. The van der Waals surface area contributed by atoms with E-state index in [1.807, 2.05) is 24.3 Å². The van der Waals surface area contributed by atoms with Gasteiger partial charge in [-0.1, -0.05) is 12.1 Å². The molecule has 4 N–H and O–H groups in total. The van der Waals surface area contributed by atoms with E-state index in [1.54, 1.807) is 24.5 Å². The highest BCUT2D eigenvalue weighted by Gasteiger charge is 2.18. The highest BCUT2D eigenvalue weighted by molar-refractivity contribution is 6.10. The zero-order valence-corrected chi connectivity index (χ0v) is 17.0. The lowest BCUT2D eigenvalue weighted by molar-refractivity contribution is -0.111. The third kappa shape index (κ3) is 5.40. The lowest BCUT2D eigenvalue weighted by Gasteiger charge is -2.32. The van der Waals surface area contributed by atoms with Crippen molar-refractivity contribution in [3.63, 3.8) is 0 Å². The van der Waals surface area contributed by atoms with Gasteiger partial charge in [0.15, 0.2) is 0 Å². The maximum Gasteiger partial charge on any atom is 0.248 e. The number of allylic oxidation sites excluding steroid dienone is 1.